The van der Waals surface area contributed by atoms with Crippen LogP contribution in [0.1, 0.15) is 30.1 Å². The van der Waals surface area contributed by atoms with E-state index in [1.54, 1.807) is 6.07 Å². The van der Waals surface area contributed by atoms with Crippen LogP contribution in [0.15, 0.2) is 57.4 Å². The first-order valence-electron chi connectivity index (χ1n) is 10.3. The quantitative estimate of drug-likeness (QED) is 0.468. The molecule has 0 bridgehead atoms. The molecule has 1 amide bonds. The number of unbranched alkanes of at least 4 members (excludes halogenated alkanes) is 1. The number of anilines is 2. The SMILES string of the molecule is CCCCn1c(N)c(N(C)C(=O)c2cc(-c3cccs3)nc3ccccc23)c(=O)[nH]c1=O. The lowest BCUT2D eigenvalue weighted by Gasteiger charge is -2.21. The molecule has 0 atom stereocenters. The van der Waals surface area contributed by atoms with E-state index in [1.165, 1.54) is 27.9 Å². The van der Waals surface area contributed by atoms with Crippen LogP contribution in [0, 0.1) is 0 Å². The van der Waals surface area contributed by atoms with E-state index in [1.807, 2.05) is 48.7 Å². The molecule has 3 N–H and O–H groups in total. The largest absolute Gasteiger partial charge is 0.383 e. The molecule has 4 aromatic rings. The first-order valence-corrected chi connectivity index (χ1v) is 11.1. The number of H-pyrrole nitrogens is 1. The van der Waals surface area contributed by atoms with E-state index in [0.29, 0.717) is 35.1 Å². The summed E-state index contributed by atoms with van der Waals surface area (Å²) in [6, 6.07) is 12.9. The summed E-state index contributed by atoms with van der Waals surface area (Å²) in [4.78, 5) is 47.6. The fraction of sp³-hybridized carbons (Fsp3) is 0.217. The Hall–Kier alpha value is -3.72. The van der Waals surface area contributed by atoms with Gasteiger partial charge in [0.2, 0.25) is 0 Å². The summed E-state index contributed by atoms with van der Waals surface area (Å²) >= 11 is 1.53. The molecule has 0 radical (unpaired) electrons. The smallest absolute Gasteiger partial charge is 0.330 e. The lowest BCUT2D eigenvalue weighted by molar-refractivity contribution is 0.0994. The predicted molar refractivity (Wildman–Crippen MR) is 128 cm³/mol. The van der Waals surface area contributed by atoms with E-state index in [-0.39, 0.29) is 11.5 Å². The van der Waals surface area contributed by atoms with E-state index in [2.05, 4.69) is 9.97 Å². The second kappa shape index (κ2) is 8.80. The minimum atomic E-state index is -0.701. The van der Waals surface area contributed by atoms with Crippen LogP contribution in [0.2, 0.25) is 0 Å². The zero-order chi connectivity index (χ0) is 22.8. The highest BCUT2D eigenvalue weighted by Gasteiger charge is 2.24. The molecular formula is C23H23N5O3S. The zero-order valence-electron chi connectivity index (χ0n) is 17.8. The minimum Gasteiger partial charge on any atom is -0.383 e. The summed E-state index contributed by atoms with van der Waals surface area (Å²) in [5, 5.41) is 2.61. The molecule has 3 heterocycles. The number of carbonyl (C=O) groups is 1. The molecule has 0 saturated carbocycles. The van der Waals surface area contributed by atoms with Crippen molar-refractivity contribution in [2.24, 2.45) is 0 Å². The van der Waals surface area contributed by atoms with Gasteiger partial charge in [0.15, 0.2) is 5.69 Å². The number of pyridine rings is 1. The molecule has 4 rings (SSSR count). The highest BCUT2D eigenvalue weighted by molar-refractivity contribution is 7.13. The van der Waals surface area contributed by atoms with E-state index in [9.17, 15) is 14.4 Å². The Bertz CT molecular complexity index is 1410. The molecule has 9 heteroatoms. The number of aromatic nitrogens is 3. The van der Waals surface area contributed by atoms with Crippen molar-refractivity contribution < 1.29 is 4.79 Å². The number of fused-ring (bicyclic) bond motifs is 1. The fourth-order valence-corrected chi connectivity index (χ4v) is 4.31. The number of rotatable bonds is 6. The predicted octanol–water partition coefficient (Wildman–Crippen LogP) is 3.47. The summed E-state index contributed by atoms with van der Waals surface area (Å²) in [5.74, 6) is -0.445. The first kappa shape index (κ1) is 21.5. The number of para-hydroxylation sites is 1. The van der Waals surface area contributed by atoms with E-state index in [4.69, 9.17) is 5.73 Å². The number of aromatic amines is 1. The van der Waals surface area contributed by atoms with Crippen molar-refractivity contribution in [3.63, 3.8) is 0 Å². The Labute approximate surface area is 188 Å². The Morgan fingerprint density at radius 2 is 2.00 bits per heavy atom. The van der Waals surface area contributed by atoms with Crippen molar-refractivity contribution in [3.05, 3.63) is 74.2 Å². The van der Waals surface area contributed by atoms with Crippen molar-refractivity contribution in [1.82, 2.24) is 14.5 Å². The van der Waals surface area contributed by atoms with Crippen LogP contribution in [-0.4, -0.2) is 27.5 Å². The van der Waals surface area contributed by atoms with Gasteiger partial charge in [-0.1, -0.05) is 37.6 Å². The van der Waals surface area contributed by atoms with Crippen LogP contribution >= 0.6 is 11.3 Å². The second-order valence-corrected chi connectivity index (χ2v) is 8.36. The molecule has 0 aliphatic rings. The van der Waals surface area contributed by atoms with E-state index in [0.717, 1.165) is 11.3 Å². The molecule has 8 nitrogen and oxygen atoms in total. The van der Waals surface area contributed by atoms with Gasteiger partial charge in [-0.15, -0.1) is 11.3 Å². The number of nitrogens with zero attached hydrogens (tertiary/aromatic N) is 3. The molecule has 0 saturated heterocycles. The average Bonchev–Trinajstić information content (AvgIpc) is 3.32. The van der Waals surface area contributed by atoms with E-state index < -0.39 is 17.2 Å². The lowest BCUT2D eigenvalue weighted by Crippen LogP contribution is -2.39. The van der Waals surface area contributed by atoms with Crippen molar-refractivity contribution in [2.75, 3.05) is 17.7 Å². The first-order chi connectivity index (χ1) is 15.4. The number of thiophene rings is 1. The fourth-order valence-electron chi connectivity index (χ4n) is 3.62. The standard InChI is InChI=1S/C23H23N5O3S/c1-3-4-11-28-20(24)19(21(29)26-23(28)31)27(2)22(30)15-13-17(18-10-7-12-32-18)25-16-9-6-5-8-14(15)16/h5-10,12-13H,3-4,11,24H2,1-2H3,(H,26,29,31). The number of carbonyl (C=O) groups excluding carboxylic acids is 1. The maximum absolute atomic E-state index is 13.6. The second-order valence-electron chi connectivity index (χ2n) is 7.41. The van der Waals surface area contributed by atoms with Crippen molar-refractivity contribution in [2.45, 2.75) is 26.3 Å². The molecule has 0 unspecified atom stereocenters. The van der Waals surface area contributed by atoms with Crippen molar-refractivity contribution in [1.29, 1.82) is 0 Å². The summed E-state index contributed by atoms with van der Waals surface area (Å²) < 4.78 is 1.30. The molecule has 32 heavy (non-hydrogen) atoms. The minimum absolute atomic E-state index is 0.0279. The number of hydrogen-bond donors (Lipinski definition) is 2. The normalized spacial score (nSPS) is 11.1. The summed E-state index contributed by atoms with van der Waals surface area (Å²) in [7, 11) is 1.48. The van der Waals surface area contributed by atoms with Gasteiger partial charge in [0.05, 0.1) is 21.7 Å². The van der Waals surface area contributed by atoms with E-state index >= 15 is 0 Å². The molecule has 3 aromatic heterocycles. The van der Waals surface area contributed by atoms with Gasteiger partial charge in [-0.2, -0.15) is 0 Å². The summed E-state index contributed by atoms with van der Waals surface area (Å²) in [6.07, 6.45) is 1.57. The van der Waals surface area contributed by atoms with Gasteiger partial charge >= 0.3 is 5.69 Å². The average molecular weight is 450 g/mol. The number of nitrogen functional groups attached to an aromatic ring is 1. The molecule has 1 aromatic carbocycles. The van der Waals surface area contributed by atoms with Gasteiger partial charge in [0.25, 0.3) is 11.5 Å². The lowest BCUT2D eigenvalue weighted by atomic mass is 10.1. The maximum atomic E-state index is 13.6. The third-order valence-electron chi connectivity index (χ3n) is 5.31. The molecule has 0 aliphatic heterocycles. The van der Waals surface area contributed by atoms with Crippen LogP contribution in [0.5, 0.6) is 0 Å². The Kier molecular flexibility index (Phi) is 5.91. The van der Waals surface area contributed by atoms with Gasteiger partial charge in [-0.3, -0.25) is 19.1 Å². The third kappa shape index (κ3) is 3.82. The Morgan fingerprint density at radius 3 is 2.72 bits per heavy atom. The molecule has 0 spiro atoms. The molecule has 0 aliphatic carbocycles. The van der Waals surface area contributed by atoms with Crippen LogP contribution in [0.4, 0.5) is 11.5 Å². The molecule has 0 fully saturated rings. The summed E-state index contributed by atoms with van der Waals surface area (Å²) in [6.45, 7) is 2.34. The highest BCUT2D eigenvalue weighted by Crippen LogP contribution is 2.29. The van der Waals surface area contributed by atoms with Gasteiger partial charge in [0.1, 0.15) is 5.82 Å². The Balaban J connectivity index is 1.85. The maximum Gasteiger partial charge on any atom is 0.330 e. The van der Waals surface area contributed by atoms with Crippen LogP contribution in [-0.2, 0) is 6.54 Å². The van der Waals surface area contributed by atoms with Gasteiger partial charge < -0.3 is 10.6 Å². The third-order valence-corrected chi connectivity index (χ3v) is 6.20. The van der Waals surface area contributed by atoms with Crippen LogP contribution in [0.25, 0.3) is 21.5 Å². The monoisotopic (exact) mass is 449 g/mol. The summed E-state index contributed by atoms with van der Waals surface area (Å²) in [5.41, 5.74) is 6.60. The Morgan fingerprint density at radius 1 is 1.22 bits per heavy atom. The van der Waals surface area contributed by atoms with Gasteiger partial charge in [-0.25, -0.2) is 9.78 Å². The van der Waals surface area contributed by atoms with Gasteiger partial charge in [0, 0.05) is 19.0 Å². The number of hydrogen-bond acceptors (Lipinski definition) is 6. The number of nitrogens with two attached hydrogens (primary N) is 1. The van der Waals surface area contributed by atoms with Gasteiger partial charge in [-0.05, 0) is 30.0 Å². The topological polar surface area (TPSA) is 114 Å². The molecule has 164 valence electrons. The number of nitrogens with one attached hydrogen (secondary N) is 1. The highest BCUT2D eigenvalue weighted by atomic mass is 32.1. The van der Waals surface area contributed by atoms with Crippen molar-refractivity contribution in [3.8, 4) is 10.6 Å². The number of amides is 1. The molecular weight excluding hydrogens is 426 g/mol. The van der Waals surface area contributed by atoms with Crippen LogP contribution < -0.4 is 21.9 Å². The van der Waals surface area contributed by atoms with Crippen LogP contribution in [0.3, 0.4) is 0 Å². The van der Waals surface area contributed by atoms with Crippen molar-refractivity contribution >= 4 is 39.7 Å². The number of benzene rings is 1. The zero-order valence-corrected chi connectivity index (χ0v) is 18.6.